The van der Waals surface area contributed by atoms with Crippen LogP contribution in [0.25, 0.3) is 0 Å². The van der Waals surface area contributed by atoms with Crippen LogP contribution in [0, 0.1) is 16.4 Å². The van der Waals surface area contributed by atoms with Crippen molar-refractivity contribution in [3.8, 4) is 5.75 Å². The summed E-state index contributed by atoms with van der Waals surface area (Å²) in [6, 6.07) is 11.9. The molecule has 0 radical (unpaired) electrons. The molecule has 0 saturated heterocycles. The van der Waals surface area contributed by atoms with E-state index >= 15 is 0 Å². The molecule has 0 spiro atoms. The highest BCUT2D eigenvalue weighted by Crippen LogP contribution is 2.19. The van der Waals surface area contributed by atoms with Gasteiger partial charge >= 0.3 is 0 Å². The van der Waals surface area contributed by atoms with E-state index in [0.29, 0.717) is 11.3 Å². The summed E-state index contributed by atoms with van der Waals surface area (Å²) in [5, 5.41) is 5.74. The maximum Gasteiger partial charge on any atom is 0.251 e. The Morgan fingerprint density at radius 3 is 2.27 bits per heavy atom. The monoisotopic (exact) mass is 466 g/mol. The Bertz CT molecular complexity index is 788. The molecule has 0 aromatic heterocycles. The number of aryl methyl sites for hydroxylation is 1. The van der Waals surface area contributed by atoms with Crippen molar-refractivity contribution in [2.45, 2.75) is 26.8 Å². The normalized spacial score (nSPS) is 11.8. The van der Waals surface area contributed by atoms with Gasteiger partial charge in [0.15, 0.2) is 0 Å². The van der Waals surface area contributed by atoms with Gasteiger partial charge in [0.05, 0.1) is 7.11 Å². The fourth-order valence-electron chi connectivity index (χ4n) is 2.48. The van der Waals surface area contributed by atoms with Crippen molar-refractivity contribution in [3.05, 3.63) is 57.2 Å². The molecule has 0 bridgehead atoms. The third kappa shape index (κ3) is 5.20. The first kappa shape index (κ1) is 20.2. The second-order valence-corrected chi connectivity index (χ2v) is 7.62. The fraction of sp³-hybridized carbons (Fsp3) is 0.300. The van der Waals surface area contributed by atoms with Crippen LogP contribution in [0.5, 0.6) is 5.75 Å². The van der Waals surface area contributed by atoms with E-state index in [1.807, 2.05) is 39.0 Å². The number of hydrogen-bond donors (Lipinski definition) is 2. The third-order valence-corrected chi connectivity index (χ3v) is 4.71. The zero-order chi connectivity index (χ0) is 19.3. The lowest BCUT2D eigenvalue weighted by Gasteiger charge is -2.22. The molecule has 0 aliphatic heterocycles. The minimum atomic E-state index is -0.636. The maximum absolute atomic E-state index is 12.7. The molecule has 26 heavy (non-hydrogen) atoms. The van der Waals surface area contributed by atoms with Crippen LogP contribution in [-0.4, -0.2) is 25.0 Å². The molecular formula is C20H23IN2O3. The Morgan fingerprint density at radius 1 is 1.08 bits per heavy atom. The number of carbonyl (C=O) groups is 2. The topological polar surface area (TPSA) is 67.4 Å². The van der Waals surface area contributed by atoms with Crippen molar-refractivity contribution in [2.24, 2.45) is 5.92 Å². The van der Waals surface area contributed by atoms with Crippen molar-refractivity contribution in [3.63, 3.8) is 0 Å². The van der Waals surface area contributed by atoms with Gasteiger partial charge in [-0.15, -0.1) is 0 Å². The van der Waals surface area contributed by atoms with Gasteiger partial charge in [-0.25, -0.2) is 0 Å². The molecule has 0 aliphatic rings. The van der Waals surface area contributed by atoms with E-state index in [1.165, 1.54) is 0 Å². The largest absolute Gasteiger partial charge is 0.497 e. The van der Waals surface area contributed by atoms with Gasteiger partial charge in [0, 0.05) is 14.8 Å². The Kier molecular flexibility index (Phi) is 7.02. The number of methoxy groups -OCH3 is 1. The summed E-state index contributed by atoms with van der Waals surface area (Å²) in [5.74, 6) is 0.0993. The highest BCUT2D eigenvalue weighted by atomic mass is 127. The van der Waals surface area contributed by atoms with Gasteiger partial charge in [-0.2, -0.15) is 0 Å². The van der Waals surface area contributed by atoms with E-state index in [0.717, 1.165) is 14.8 Å². The first-order chi connectivity index (χ1) is 12.3. The van der Waals surface area contributed by atoms with Gasteiger partial charge in [0.1, 0.15) is 11.8 Å². The number of halogens is 1. The lowest BCUT2D eigenvalue weighted by atomic mass is 10.0. The number of hydrogen-bond acceptors (Lipinski definition) is 3. The van der Waals surface area contributed by atoms with Crippen LogP contribution in [0.4, 0.5) is 5.69 Å². The number of amides is 2. The standard InChI is InChI=1S/C20H23IN2O3/c1-12(2)18(20(25)22-17-10-7-15(21)11-13(17)3)23-19(24)14-5-8-16(26-4)9-6-14/h5-12,18H,1-4H3,(H,22,25)(H,23,24). The molecule has 138 valence electrons. The minimum Gasteiger partial charge on any atom is -0.497 e. The molecule has 0 saturated carbocycles. The van der Waals surface area contributed by atoms with Gasteiger partial charge < -0.3 is 15.4 Å². The molecule has 0 heterocycles. The van der Waals surface area contributed by atoms with E-state index in [9.17, 15) is 9.59 Å². The summed E-state index contributed by atoms with van der Waals surface area (Å²) in [7, 11) is 1.57. The molecule has 1 atom stereocenters. The van der Waals surface area contributed by atoms with Gasteiger partial charge in [0.25, 0.3) is 5.91 Å². The van der Waals surface area contributed by atoms with E-state index in [4.69, 9.17) is 4.74 Å². The van der Waals surface area contributed by atoms with E-state index in [-0.39, 0.29) is 17.7 Å². The number of anilines is 1. The van der Waals surface area contributed by atoms with Crippen molar-refractivity contribution in [2.75, 3.05) is 12.4 Å². The lowest BCUT2D eigenvalue weighted by molar-refractivity contribution is -0.118. The van der Waals surface area contributed by atoms with Crippen molar-refractivity contribution in [1.82, 2.24) is 5.32 Å². The number of benzene rings is 2. The van der Waals surface area contributed by atoms with Crippen LogP contribution in [0.3, 0.4) is 0 Å². The summed E-state index contributed by atoms with van der Waals surface area (Å²) < 4.78 is 6.20. The summed E-state index contributed by atoms with van der Waals surface area (Å²) in [5.41, 5.74) is 2.21. The third-order valence-electron chi connectivity index (χ3n) is 4.03. The average molecular weight is 466 g/mol. The molecule has 2 N–H and O–H groups in total. The SMILES string of the molecule is COc1ccc(C(=O)NC(C(=O)Nc2ccc(I)cc2C)C(C)C)cc1. The first-order valence-electron chi connectivity index (χ1n) is 8.33. The van der Waals surface area contributed by atoms with Crippen LogP contribution in [0.1, 0.15) is 29.8 Å². The van der Waals surface area contributed by atoms with Gasteiger partial charge in [-0.05, 0) is 83.5 Å². The molecule has 1 unspecified atom stereocenters. The summed E-state index contributed by atoms with van der Waals surface area (Å²) in [4.78, 5) is 25.2. The average Bonchev–Trinajstić information content (AvgIpc) is 2.61. The molecule has 0 aliphatic carbocycles. The van der Waals surface area contributed by atoms with Crippen LogP contribution >= 0.6 is 22.6 Å². The molecule has 2 aromatic carbocycles. The predicted octanol–water partition coefficient (Wildman–Crippen LogP) is 4.00. The molecular weight excluding hydrogens is 443 g/mol. The summed E-state index contributed by atoms with van der Waals surface area (Å²) >= 11 is 2.23. The Labute approximate surface area is 167 Å². The minimum absolute atomic E-state index is 0.0543. The molecule has 5 nitrogen and oxygen atoms in total. The van der Waals surface area contributed by atoms with Gasteiger partial charge in [-0.1, -0.05) is 13.8 Å². The highest BCUT2D eigenvalue weighted by molar-refractivity contribution is 14.1. The highest BCUT2D eigenvalue weighted by Gasteiger charge is 2.25. The second-order valence-electron chi connectivity index (χ2n) is 6.37. The molecule has 6 heteroatoms. The maximum atomic E-state index is 12.7. The lowest BCUT2D eigenvalue weighted by Crippen LogP contribution is -2.47. The van der Waals surface area contributed by atoms with Gasteiger partial charge in [0.2, 0.25) is 5.91 Å². The van der Waals surface area contributed by atoms with Crippen LogP contribution in [0.2, 0.25) is 0 Å². The fourth-order valence-corrected chi connectivity index (χ4v) is 3.13. The van der Waals surface area contributed by atoms with Crippen molar-refractivity contribution in [1.29, 1.82) is 0 Å². The predicted molar refractivity (Wildman–Crippen MR) is 112 cm³/mol. The Balaban J connectivity index is 2.11. The smallest absolute Gasteiger partial charge is 0.251 e. The number of carbonyl (C=O) groups excluding carboxylic acids is 2. The molecule has 2 amide bonds. The zero-order valence-electron chi connectivity index (χ0n) is 15.3. The zero-order valence-corrected chi connectivity index (χ0v) is 17.5. The van der Waals surface area contributed by atoms with E-state index in [2.05, 4.69) is 33.2 Å². The quantitative estimate of drug-likeness (QED) is 0.633. The Hall–Kier alpha value is -2.09. The summed E-state index contributed by atoms with van der Waals surface area (Å²) in [6.07, 6.45) is 0. The van der Waals surface area contributed by atoms with Crippen molar-refractivity contribution < 1.29 is 14.3 Å². The molecule has 0 fully saturated rings. The number of nitrogens with one attached hydrogen (secondary N) is 2. The van der Waals surface area contributed by atoms with Gasteiger partial charge in [-0.3, -0.25) is 9.59 Å². The van der Waals surface area contributed by atoms with Crippen LogP contribution in [0.15, 0.2) is 42.5 Å². The van der Waals surface area contributed by atoms with Crippen molar-refractivity contribution >= 4 is 40.1 Å². The molecule has 2 rings (SSSR count). The second kappa shape index (κ2) is 9.02. The number of ether oxygens (including phenoxy) is 1. The van der Waals surface area contributed by atoms with E-state index < -0.39 is 6.04 Å². The number of rotatable bonds is 6. The van der Waals surface area contributed by atoms with Crippen LogP contribution < -0.4 is 15.4 Å². The van der Waals surface area contributed by atoms with E-state index in [1.54, 1.807) is 31.4 Å². The van der Waals surface area contributed by atoms with Crippen LogP contribution in [-0.2, 0) is 4.79 Å². The Morgan fingerprint density at radius 2 is 1.73 bits per heavy atom. The first-order valence-corrected chi connectivity index (χ1v) is 9.41. The molecule has 2 aromatic rings. The summed E-state index contributed by atoms with van der Waals surface area (Å²) in [6.45, 7) is 5.75.